The summed E-state index contributed by atoms with van der Waals surface area (Å²) < 4.78 is 0. The van der Waals surface area contributed by atoms with Crippen LogP contribution in [0.1, 0.15) is 5.56 Å². The van der Waals surface area contributed by atoms with E-state index in [0.717, 1.165) is 6.08 Å². The Bertz CT molecular complexity index is 437. The van der Waals surface area contributed by atoms with Crippen LogP contribution < -0.4 is 5.73 Å². The molecule has 1 aromatic rings. The molecular weight excluding hydrogens is 198 g/mol. The average Bonchev–Trinajstić information content (AvgIpc) is 2.13. The maximum atomic E-state index is 10.8. The van der Waals surface area contributed by atoms with E-state index >= 15 is 0 Å². The Morgan fingerprint density at radius 1 is 1.33 bits per heavy atom. The summed E-state index contributed by atoms with van der Waals surface area (Å²) in [5.41, 5.74) is 4.84. The van der Waals surface area contributed by atoms with Crippen LogP contribution in [-0.4, -0.2) is 22.1 Å². The summed E-state index contributed by atoms with van der Waals surface area (Å²) in [6.07, 6.45) is 0.803. The molecule has 5 heteroatoms. The highest BCUT2D eigenvalue weighted by Gasteiger charge is 2.11. The molecule has 0 saturated carbocycles. The summed E-state index contributed by atoms with van der Waals surface area (Å²) >= 11 is 0. The summed E-state index contributed by atoms with van der Waals surface area (Å²) in [6.45, 7) is 0. The van der Waals surface area contributed by atoms with Gasteiger partial charge in [0.05, 0.1) is 5.57 Å². The SMILES string of the molecule is NC(=O)C=C(C(=O)O)c1cccc(O)c1. The molecule has 0 unspecified atom stereocenters. The zero-order valence-corrected chi connectivity index (χ0v) is 7.68. The molecule has 78 valence electrons. The predicted octanol–water partition coefficient (Wildman–Crippen LogP) is 0.345. The highest BCUT2D eigenvalue weighted by atomic mass is 16.4. The van der Waals surface area contributed by atoms with E-state index in [1.165, 1.54) is 24.3 Å². The van der Waals surface area contributed by atoms with Gasteiger partial charge < -0.3 is 15.9 Å². The first-order valence-electron chi connectivity index (χ1n) is 4.04. The van der Waals surface area contributed by atoms with Crippen molar-refractivity contribution in [1.29, 1.82) is 0 Å². The van der Waals surface area contributed by atoms with E-state index in [2.05, 4.69) is 0 Å². The summed E-state index contributed by atoms with van der Waals surface area (Å²) in [6, 6.07) is 5.57. The lowest BCUT2D eigenvalue weighted by Crippen LogP contribution is -2.10. The zero-order valence-electron chi connectivity index (χ0n) is 7.68. The first-order valence-corrected chi connectivity index (χ1v) is 4.04. The van der Waals surface area contributed by atoms with Crippen LogP contribution in [0, 0.1) is 0 Å². The molecule has 0 saturated heterocycles. The summed E-state index contributed by atoms with van der Waals surface area (Å²) in [5.74, 6) is -2.21. The molecule has 0 spiro atoms. The minimum Gasteiger partial charge on any atom is -0.508 e. The number of rotatable bonds is 3. The van der Waals surface area contributed by atoms with Gasteiger partial charge in [0.1, 0.15) is 5.75 Å². The van der Waals surface area contributed by atoms with Gasteiger partial charge in [-0.3, -0.25) is 4.79 Å². The number of amides is 1. The number of carbonyl (C=O) groups is 2. The Balaban J connectivity index is 3.22. The lowest BCUT2D eigenvalue weighted by molar-refractivity contribution is -0.130. The molecule has 0 aliphatic rings. The van der Waals surface area contributed by atoms with Crippen molar-refractivity contribution in [1.82, 2.24) is 0 Å². The van der Waals surface area contributed by atoms with E-state index in [4.69, 9.17) is 15.9 Å². The quantitative estimate of drug-likeness (QED) is 0.622. The summed E-state index contributed by atoms with van der Waals surface area (Å²) in [7, 11) is 0. The monoisotopic (exact) mass is 207 g/mol. The molecule has 5 nitrogen and oxygen atoms in total. The minimum absolute atomic E-state index is 0.0795. The molecule has 0 atom stereocenters. The highest BCUT2D eigenvalue weighted by molar-refractivity contribution is 6.20. The van der Waals surface area contributed by atoms with E-state index < -0.39 is 11.9 Å². The van der Waals surface area contributed by atoms with E-state index in [9.17, 15) is 9.59 Å². The lowest BCUT2D eigenvalue weighted by atomic mass is 10.1. The number of phenolic OH excluding ortho intramolecular Hbond substituents is 1. The second kappa shape index (κ2) is 4.28. The third-order valence-corrected chi connectivity index (χ3v) is 1.67. The maximum Gasteiger partial charge on any atom is 0.336 e. The number of carboxylic acids is 1. The van der Waals surface area contributed by atoms with Crippen molar-refractivity contribution in [3.05, 3.63) is 35.9 Å². The molecule has 0 aliphatic carbocycles. The largest absolute Gasteiger partial charge is 0.508 e. The van der Waals surface area contributed by atoms with E-state index in [1.54, 1.807) is 0 Å². The number of hydrogen-bond donors (Lipinski definition) is 3. The standard InChI is InChI=1S/C10H9NO4/c11-9(13)5-8(10(14)15)6-2-1-3-7(12)4-6/h1-5,12H,(H2,11,13)(H,14,15). The van der Waals surface area contributed by atoms with E-state index in [1.807, 2.05) is 0 Å². The Morgan fingerprint density at radius 2 is 2.00 bits per heavy atom. The van der Waals surface area contributed by atoms with Gasteiger partial charge in [-0.05, 0) is 17.7 Å². The van der Waals surface area contributed by atoms with Crippen molar-refractivity contribution in [3.63, 3.8) is 0 Å². The molecule has 0 heterocycles. The first kappa shape index (κ1) is 10.8. The number of nitrogens with two attached hydrogens (primary N) is 1. The van der Waals surface area contributed by atoms with Crippen LogP contribution in [0.4, 0.5) is 0 Å². The van der Waals surface area contributed by atoms with Gasteiger partial charge in [0.15, 0.2) is 0 Å². The van der Waals surface area contributed by atoms with E-state index in [-0.39, 0.29) is 16.9 Å². The van der Waals surface area contributed by atoms with Crippen LogP contribution in [0.2, 0.25) is 0 Å². The fraction of sp³-hybridized carbons (Fsp3) is 0. The number of carbonyl (C=O) groups excluding carboxylic acids is 1. The van der Waals surface area contributed by atoms with Gasteiger partial charge in [-0.25, -0.2) is 4.79 Å². The van der Waals surface area contributed by atoms with Crippen LogP contribution >= 0.6 is 0 Å². The molecule has 15 heavy (non-hydrogen) atoms. The topological polar surface area (TPSA) is 101 Å². The van der Waals surface area contributed by atoms with Crippen LogP contribution in [0.3, 0.4) is 0 Å². The van der Waals surface area contributed by atoms with E-state index in [0.29, 0.717) is 0 Å². The third-order valence-electron chi connectivity index (χ3n) is 1.67. The van der Waals surface area contributed by atoms with Crippen molar-refractivity contribution in [3.8, 4) is 5.75 Å². The number of carboxylic acid groups (broad SMARTS) is 1. The molecule has 1 aromatic carbocycles. The molecule has 1 rings (SSSR count). The Hall–Kier alpha value is -2.30. The second-order valence-electron chi connectivity index (χ2n) is 2.82. The second-order valence-corrected chi connectivity index (χ2v) is 2.82. The van der Waals surface area contributed by atoms with Gasteiger partial charge in [-0.1, -0.05) is 12.1 Å². The molecule has 0 aliphatic heterocycles. The van der Waals surface area contributed by atoms with Gasteiger partial charge in [0.25, 0.3) is 0 Å². The predicted molar refractivity (Wildman–Crippen MR) is 52.9 cm³/mol. The summed E-state index contributed by atoms with van der Waals surface area (Å²) in [4.78, 5) is 21.4. The van der Waals surface area contributed by atoms with Crippen molar-refractivity contribution in [2.24, 2.45) is 5.73 Å². The zero-order chi connectivity index (χ0) is 11.4. The fourth-order valence-corrected chi connectivity index (χ4v) is 1.08. The minimum atomic E-state index is -1.28. The lowest BCUT2D eigenvalue weighted by Gasteiger charge is -2.02. The molecule has 4 N–H and O–H groups in total. The first-order chi connectivity index (χ1) is 7.00. The van der Waals surface area contributed by atoms with Crippen LogP contribution in [-0.2, 0) is 9.59 Å². The third kappa shape index (κ3) is 2.84. The van der Waals surface area contributed by atoms with Crippen molar-refractivity contribution in [2.75, 3.05) is 0 Å². The number of primary amides is 1. The molecular formula is C10H9NO4. The van der Waals surface area contributed by atoms with Crippen molar-refractivity contribution in [2.45, 2.75) is 0 Å². The average molecular weight is 207 g/mol. The number of phenols is 1. The van der Waals surface area contributed by atoms with Gasteiger partial charge >= 0.3 is 5.97 Å². The van der Waals surface area contributed by atoms with Gasteiger partial charge in [-0.2, -0.15) is 0 Å². The van der Waals surface area contributed by atoms with Crippen LogP contribution in [0.15, 0.2) is 30.3 Å². The van der Waals surface area contributed by atoms with Gasteiger partial charge in [-0.15, -0.1) is 0 Å². The van der Waals surface area contributed by atoms with Crippen LogP contribution in [0.5, 0.6) is 5.75 Å². The maximum absolute atomic E-state index is 10.8. The molecule has 0 aromatic heterocycles. The number of hydrogen-bond acceptors (Lipinski definition) is 3. The van der Waals surface area contributed by atoms with Gasteiger partial charge in [0, 0.05) is 6.08 Å². The highest BCUT2D eigenvalue weighted by Crippen LogP contribution is 2.19. The fourth-order valence-electron chi connectivity index (χ4n) is 1.08. The van der Waals surface area contributed by atoms with Crippen molar-refractivity contribution >= 4 is 17.4 Å². The molecule has 1 amide bonds. The number of benzene rings is 1. The van der Waals surface area contributed by atoms with Gasteiger partial charge in [0.2, 0.25) is 5.91 Å². The van der Waals surface area contributed by atoms with Crippen molar-refractivity contribution < 1.29 is 19.8 Å². The summed E-state index contributed by atoms with van der Waals surface area (Å²) in [5, 5.41) is 18.0. The Labute approximate surface area is 85.5 Å². The number of aliphatic carboxylic acids is 1. The molecule has 0 radical (unpaired) electrons. The number of aromatic hydroxyl groups is 1. The van der Waals surface area contributed by atoms with Crippen LogP contribution in [0.25, 0.3) is 5.57 Å². The Morgan fingerprint density at radius 3 is 2.47 bits per heavy atom. The smallest absolute Gasteiger partial charge is 0.336 e. The molecule has 0 fully saturated rings. The molecule has 0 bridgehead atoms. The normalized spacial score (nSPS) is 11.1. The Kier molecular flexibility index (Phi) is 3.07.